The van der Waals surface area contributed by atoms with Crippen LogP contribution in [0, 0.1) is 5.82 Å². The number of benzene rings is 4. The molecule has 0 fully saturated rings. The normalized spacial score (nSPS) is 12.3. The molecule has 0 radical (unpaired) electrons. The van der Waals surface area contributed by atoms with Gasteiger partial charge in [-0.25, -0.2) is 4.39 Å². The molecule has 1 unspecified atom stereocenters. The van der Waals surface area contributed by atoms with E-state index in [1.165, 1.54) is 37.3 Å². The van der Waals surface area contributed by atoms with Crippen molar-refractivity contribution in [1.82, 2.24) is 5.32 Å². The number of alkyl halides is 3. The van der Waals surface area contributed by atoms with Crippen LogP contribution < -0.4 is 16.0 Å². The molecule has 6 nitrogen and oxygen atoms in total. The maximum absolute atomic E-state index is 14.3. The number of amides is 3. The van der Waals surface area contributed by atoms with Crippen LogP contribution in [0.5, 0.6) is 0 Å². The number of anilines is 2. The second-order valence-corrected chi connectivity index (χ2v) is 11.2. The minimum atomic E-state index is -4.71. The van der Waals surface area contributed by atoms with Gasteiger partial charge in [-0.1, -0.05) is 48.0 Å². The Morgan fingerprint density at radius 2 is 1.52 bits per heavy atom. The molecule has 3 N–H and O–H groups in total. The van der Waals surface area contributed by atoms with Crippen molar-refractivity contribution < 1.29 is 31.9 Å². The molecule has 4 aromatic rings. The van der Waals surface area contributed by atoms with Crippen LogP contribution in [0.4, 0.5) is 28.9 Å². The number of carbonyl (C=O) groups excluding carboxylic acids is 3. The van der Waals surface area contributed by atoms with E-state index in [0.29, 0.717) is 16.1 Å². The van der Waals surface area contributed by atoms with E-state index >= 15 is 0 Å². The molecule has 0 aliphatic carbocycles. The fourth-order valence-corrected chi connectivity index (χ4v) is 4.90. The number of thioether (sulfide) groups is 1. The second kappa shape index (κ2) is 14.2. The molecule has 0 aliphatic heterocycles. The smallest absolute Gasteiger partial charge is 0.325 e. The number of rotatable bonds is 9. The molecule has 0 bridgehead atoms. The van der Waals surface area contributed by atoms with Crippen LogP contribution in [0.3, 0.4) is 0 Å². The molecule has 0 saturated carbocycles. The van der Waals surface area contributed by atoms with Crippen molar-refractivity contribution in [2.75, 3.05) is 10.6 Å². The molecule has 0 aliphatic rings. The van der Waals surface area contributed by atoms with Crippen molar-refractivity contribution in [1.29, 1.82) is 0 Å². The molecule has 4 rings (SSSR count). The van der Waals surface area contributed by atoms with Crippen molar-refractivity contribution >= 4 is 58.5 Å². The Morgan fingerprint density at radius 3 is 2.18 bits per heavy atom. The van der Waals surface area contributed by atoms with Gasteiger partial charge in [0.1, 0.15) is 11.5 Å². The third kappa shape index (κ3) is 8.71. The van der Waals surface area contributed by atoms with Crippen LogP contribution in [0.1, 0.15) is 28.4 Å². The standard InChI is InChI=1S/C32H24ClF4N3O3S/c1-19(29(41)39-27-16-11-22(33)18-25(27)32(35,36)37)44-24-14-12-23(13-15-24)38-31(43)28(17-21-9-5-6-10-26(21)34)40-30(42)20-7-3-2-4-8-20/h2-19H,1H3,(H,38,43)(H,39,41)(H,40,42)/b28-17-. The van der Waals surface area contributed by atoms with Crippen molar-refractivity contribution in [2.45, 2.75) is 23.2 Å². The molecule has 0 spiro atoms. The van der Waals surface area contributed by atoms with Gasteiger partial charge in [0, 0.05) is 26.7 Å². The van der Waals surface area contributed by atoms with Gasteiger partial charge in [0.2, 0.25) is 5.91 Å². The van der Waals surface area contributed by atoms with Gasteiger partial charge in [-0.05, 0) is 73.7 Å². The lowest BCUT2D eigenvalue weighted by Crippen LogP contribution is -2.30. The Hall–Kier alpha value is -4.61. The highest BCUT2D eigenvalue weighted by Gasteiger charge is 2.34. The Morgan fingerprint density at radius 1 is 0.864 bits per heavy atom. The van der Waals surface area contributed by atoms with Crippen LogP contribution >= 0.6 is 23.4 Å². The highest BCUT2D eigenvalue weighted by atomic mass is 35.5. The average Bonchev–Trinajstić information content (AvgIpc) is 2.99. The molecule has 4 aromatic carbocycles. The van der Waals surface area contributed by atoms with Gasteiger partial charge >= 0.3 is 6.18 Å². The monoisotopic (exact) mass is 641 g/mol. The summed E-state index contributed by atoms with van der Waals surface area (Å²) in [4.78, 5) is 39.2. The lowest BCUT2D eigenvalue weighted by molar-refractivity contribution is -0.137. The third-order valence-electron chi connectivity index (χ3n) is 6.07. The predicted molar refractivity (Wildman–Crippen MR) is 164 cm³/mol. The SMILES string of the molecule is CC(Sc1ccc(NC(=O)/C(=C/c2ccccc2F)NC(=O)c2ccccc2)cc1)C(=O)Nc1ccc(Cl)cc1C(F)(F)F. The van der Waals surface area contributed by atoms with E-state index in [9.17, 15) is 31.9 Å². The first-order chi connectivity index (χ1) is 20.9. The maximum atomic E-state index is 14.3. The minimum absolute atomic E-state index is 0.0889. The summed E-state index contributed by atoms with van der Waals surface area (Å²) < 4.78 is 54.5. The number of hydrogen-bond acceptors (Lipinski definition) is 4. The molecular formula is C32H24ClF4N3O3S. The quantitative estimate of drug-likeness (QED) is 0.0981. The van der Waals surface area contributed by atoms with Gasteiger partial charge < -0.3 is 16.0 Å². The first kappa shape index (κ1) is 32.3. The molecule has 0 aromatic heterocycles. The highest BCUT2D eigenvalue weighted by molar-refractivity contribution is 8.00. The molecular weight excluding hydrogens is 618 g/mol. The summed E-state index contributed by atoms with van der Waals surface area (Å²) in [5, 5.41) is 6.59. The minimum Gasteiger partial charge on any atom is -0.325 e. The summed E-state index contributed by atoms with van der Waals surface area (Å²) in [6.07, 6.45) is -3.49. The summed E-state index contributed by atoms with van der Waals surface area (Å²) in [5.41, 5.74) is -0.945. The lowest BCUT2D eigenvalue weighted by atomic mass is 10.1. The maximum Gasteiger partial charge on any atom is 0.418 e. The summed E-state index contributed by atoms with van der Waals surface area (Å²) in [5.74, 6) is -2.52. The van der Waals surface area contributed by atoms with Gasteiger partial charge in [0.05, 0.1) is 16.5 Å². The molecule has 226 valence electrons. The molecule has 3 amide bonds. The van der Waals surface area contributed by atoms with E-state index in [0.717, 1.165) is 23.9 Å². The van der Waals surface area contributed by atoms with Crippen LogP contribution in [0.2, 0.25) is 5.02 Å². The van der Waals surface area contributed by atoms with E-state index in [2.05, 4.69) is 16.0 Å². The molecule has 1 atom stereocenters. The molecule has 44 heavy (non-hydrogen) atoms. The molecule has 0 heterocycles. The van der Waals surface area contributed by atoms with E-state index in [1.54, 1.807) is 60.7 Å². The van der Waals surface area contributed by atoms with E-state index < -0.39 is 46.2 Å². The largest absolute Gasteiger partial charge is 0.418 e. The lowest BCUT2D eigenvalue weighted by Gasteiger charge is -2.17. The zero-order valence-electron chi connectivity index (χ0n) is 22.9. The van der Waals surface area contributed by atoms with Crippen molar-refractivity contribution in [3.8, 4) is 0 Å². The fraction of sp³-hybridized carbons (Fsp3) is 0.0938. The van der Waals surface area contributed by atoms with Gasteiger partial charge in [-0.2, -0.15) is 13.2 Å². The van der Waals surface area contributed by atoms with E-state index in [1.807, 2.05) is 0 Å². The third-order valence-corrected chi connectivity index (χ3v) is 7.42. The summed E-state index contributed by atoms with van der Waals surface area (Å²) in [7, 11) is 0. The molecule has 12 heteroatoms. The predicted octanol–water partition coefficient (Wildman–Crippen LogP) is 8.03. The summed E-state index contributed by atoms with van der Waals surface area (Å²) >= 11 is 6.79. The fourth-order valence-electron chi connectivity index (χ4n) is 3.86. The van der Waals surface area contributed by atoms with Crippen molar-refractivity contribution in [3.63, 3.8) is 0 Å². The van der Waals surface area contributed by atoms with Crippen molar-refractivity contribution in [3.05, 3.63) is 130 Å². The highest BCUT2D eigenvalue weighted by Crippen LogP contribution is 2.37. The number of hydrogen-bond donors (Lipinski definition) is 3. The van der Waals surface area contributed by atoms with Crippen LogP contribution in [0.15, 0.2) is 108 Å². The summed E-state index contributed by atoms with van der Waals surface area (Å²) in [6.45, 7) is 1.54. The van der Waals surface area contributed by atoms with Crippen LogP contribution in [-0.2, 0) is 15.8 Å². The Balaban J connectivity index is 1.44. The number of nitrogens with one attached hydrogen (secondary N) is 3. The zero-order valence-corrected chi connectivity index (χ0v) is 24.5. The number of halogens is 5. The van der Waals surface area contributed by atoms with Crippen molar-refractivity contribution in [2.24, 2.45) is 0 Å². The first-order valence-corrected chi connectivity index (χ1v) is 14.2. The van der Waals surface area contributed by atoms with Gasteiger partial charge in [-0.3, -0.25) is 14.4 Å². The van der Waals surface area contributed by atoms with E-state index in [4.69, 9.17) is 11.6 Å². The summed E-state index contributed by atoms with van der Waals surface area (Å²) in [6, 6.07) is 23.4. The van der Waals surface area contributed by atoms with Crippen LogP contribution in [0.25, 0.3) is 6.08 Å². The zero-order chi connectivity index (χ0) is 31.9. The topological polar surface area (TPSA) is 87.3 Å². The Labute approximate surface area is 259 Å². The molecule has 0 saturated heterocycles. The number of carbonyl (C=O) groups is 3. The Kier molecular flexibility index (Phi) is 10.5. The van der Waals surface area contributed by atoms with Gasteiger partial charge in [0.15, 0.2) is 0 Å². The first-order valence-electron chi connectivity index (χ1n) is 13.0. The average molecular weight is 642 g/mol. The second-order valence-electron chi connectivity index (χ2n) is 9.32. The van der Waals surface area contributed by atoms with Crippen LogP contribution in [-0.4, -0.2) is 23.0 Å². The van der Waals surface area contributed by atoms with Gasteiger partial charge in [0.25, 0.3) is 11.8 Å². The Bertz CT molecular complexity index is 1700. The van der Waals surface area contributed by atoms with E-state index in [-0.39, 0.29) is 16.3 Å². The van der Waals surface area contributed by atoms with Gasteiger partial charge in [-0.15, -0.1) is 11.8 Å².